The average molecular weight is 237 g/mol. The first-order valence-corrected chi connectivity index (χ1v) is 5.44. The molecule has 0 fully saturated rings. The van der Waals surface area contributed by atoms with E-state index in [1.165, 1.54) is 0 Å². The van der Waals surface area contributed by atoms with E-state index >= 15 is 0 Å². The van der Waals surface area contributed by atoms with Gasteiger partial charge < -0.3 is 21.1 Å². The molecule has 5 nitrogen and oxygen atoms in total. The van der Waals surface area contributed by atoms with Gasteiger partial charge >= 0.3 is 5.97 Å². The number of aromatic carboxylic acids is 1. The second-order valence-corrected chi connectivity index (χ2v) is 4.41. The van der Waals surface area contributed by atoms with Crippen LogP contribution in [0.1, 0.15) is 17.3 Å². The maximum atomic E-state index is 10.9. The summed E-state index contributed by atoms with van der Waals surface area (Å²) in [6.45, 7) is 2.91. The zero-order valence-electron chi connectivity index (χ0n) is 10.4. The Bertz CT molecular complexity index is 405. The lowest BCUT2D eigenvalue weighted by molar-refractivity contribution is 0.0698. The smallest absolute Gasteiger partial charge is 0.337 e. The molecule has 94 valence electrons. The molecule has 0 heterocycles. The summed E-state index contributed by atoms with van der Waals surface area (Å²) in [5.41, 5.74) is 6.77. The molecule has 1 unspecified atom stereocenters. The number of nitrogens with two attached hydrogens (primary N) is 1. The van der Waals surface area contributed by atoms with Crippen LogP contribution >= 0.6 is 0 Å². The van der Waals surface area contributed by atoms with E-state index < -0.39 is 5.97 Å². The monoisotopic (exact) mass is 237 g/mol. The lowest BCUT2D eigenvalue weighted by Gasteiger charge is -2.19. The Labute approximate surface area is 101 Å². The Morgan fingerprint density at radius 2 is 2.18 bits per heavy atom. The second-order valence-electron chi connectivity index (χ2n) is 4.41. The van der Waals surface area contributed by atoms with Gasteiger partial charge in [-0.3, -0.25) is 0 Å². The highest BCUT2D eigenvalue weighted by Crippen LogP contribution is 2.18. The van der Waals surface area contributed by atoms with Gasteiger partial charge in [-0.1, -0.05) is 0 Å². The Balaban J connectivity index is 2.79. The molecule has 1 rings (SSSR count). The number of nitrogens with one attached hydrogen (secondary N) is 1. The van der Waals surface area contributed by atoms with Crippen molar-refractivity contribution >= 4 is 17.3 Å². The van der Waals surface area contributed by atoms with Crippen molar-refractivity contribution in [3.63, 3.8) is 0 Å². The molecule has 1 aromatic rings. The first-order chi connectivity index (χ1) is 7.90. The van der Waals surface area contributed by atoms with Gasteiger partial charge in [-0.05, 0) is 39.2 Å². The summed E-state index contributed by atoms with van der Waals surface area (Å²) >= 11 is 0. The van der Waals surface area contributed by atoms with E-state index in [-0.39, 0.29) is 17.3 Å². The molecule has 0 bridgehead atoms. The summed E-state index contributed by atoms with van der Waals surface area (Å²) in [4.78, 5) is 13.0. The Morgan fingerprint density at radius 1 is 1.53 bits per heavy atom. The Kier molecular flexibility index (Phi) is 4.34. The number of rotatable bonds is 5. The van der Waals surface area contributed by atoms with E-state index in [2.05, 4.69) is 10.2 Å². The minimum Gasteiger partial charge on any atom is -0.478 e. The number of nitrogen functional groups attached to an aromatic ring is 1. The molecule has 0 amide bonds. The molecule has 5 heteroatoms. The molecule has 0 aliphatic carbocycles. The highest BCUT2D eigenvalue weighted by atomic mass is 16.4. The van der Waals surface area contributed by atoms with Crippen LogP contribution in [-0.4, -0.2) is 42.7 Å². The van der Waals surface area contributed by atoms with Gasteiger partial charge in [0, 0.05) is 24.0 Å². The van der Waals surface area contributed by atoms with Crippen LogP contribution in [0.15, 0.2) is 18.2 Å². The number of likely N-dealkylation sites (N-methyl/N-ethyl adjacent to an activating group) is 1. The van der Waals surface area contributed by atoms with Crippen LogP contribution in [0.25, 0.3) is 0 Å². The molecule has 0 saturated carbocycles. The van der Waals surface area contributed by atoms with E-state index in [1.807, 2.05) is 21.0 Å². The molecule has 1 atom stereocenters. The van der Waals surface area contributed by atoms with Gasteiger partial charge in [-0.25, -0.2) is 4.79 Å². The van der Waals surface area contributed by atoms with Gasteiger partial charge in [-0.2, -0.15) is 0 Å². The third kappa shape index (κ3) is 3.96. The minimum atomic E-state index is -1.01. The molecular formula is C12H19N3O2. The number of nitrogens with zero attached hydrogens (tertiary/aromatic N) is 1. The van der Waals surface area contributed by atoms with Crippen LogP contribution in [-0.2, 0) is 0 Å². The van der Waals surface area contributed by atoms with Gasteiger partial charge in [0.2, 0.25) is 0 Å². The number of carboxylic acids is 1. The quantitative estimate of drug-likeness (QED) is 0.673. The SMILES string of the molecule is CC(CN(C)C)Nc1ccc(N)c(C(=O)O)c1. The van der Waals surface area contributed by atoms with Gasteiger partial charge in [0.25, 0.3) is 0 Å². The topological polar surface area (TPSA) is 78.6 Å². The molecule has 0 spiro atoms. The third-order valence-electron chi connectivity index (χ3n) is 2.34. The Morgan fingerprint density at radius 3 is 2.71 bits per heavy atom. The molecule has 0 aliphatic rings. The lowest BCUT2D eigenvalue weighted by Crippen LogP contribution is -2.29. The fourth-order valence-corrected chi connectivity index (χ4v) is 1.71. The zero-order chi connectivity index (χ0) is 13.0. The molecule has 0 saturated heterocycles. The fourth-order valence-electron chi connectivity index (χ4n) is 1.71. The van der Waals surface area contributed by atoms with Gasteiger partial charge in [0.15, 0.2) is 0 Å². The molecule has 0 radical (unpaired) electrons. The minimum absolute atomic E-state index is 0.132. The van der Waals surface area contributed by atoms with Crippen molar-refractivity contribution in [1.82, 2.24) is 4.90 Å². The molecular weight excluding hydrogens is 218 g/mol. The number of anilines is 2. The highest BCUT2D eigenvalue weighted by Gasteiger charge is 2.10. The summed E-state index contributed by atoms with van der Waals surface area (Å²) in [7, 11) is 3.98. The number of hydrogen-bond acceptors (Lipinski definition) is 4. The summed E-state index contributed by atoms with van der Waals surface area (Å²) in [5.74, 6) is -1.01. The maximum Gasteiger partial charge on any atom is 0.337 e. The van der Waals surface area contributed by atoms with Gasteiger partial charge in [-0.15, -0.1) is 0 Å². The first-order valence-electron chi connectivity index (χ1n) is 5.44. The van der Waals surface area contributed by atoms with Gasteiger partial charge in [0.05, 0.1) is 5.56 Å². The second kappa shape index (κ2) is 5.54. The number of carboxylic acid groups (broad SMARTS) is 1. The largest absolute Gasteiger partial charge is 0.478 e. The molecule has 1 aromatic carbocycles. The number of benzene rings is 1. The maximum absolute atomic E-state index is 10.9. The van der Waals surface area contributed by atoms with E-state index in [9.17, 15) is 4.79 Å². The molecule has 0 aliphatic heterocycles. The van der Waals surface area contributed by atoms with Crippen LogP contribution in [0, 0.1) is 0 Å². The van der Waals surface area contributed by atoms with Crippen LogP contribution in [0.5, 0.6) is 0 Å². The molecule has 17 heavy (non-hydrogen) atoms. The van der Waals surface area contributed by atoms with Crippen molar-refractivity contribution in [2.75, 3.05) is 31.7 Å². The summed E-state index contributed by atoms with van der Waals surface area (Å²) in [6.07, 6.45) is 0. The Hall–Kier alpha value is -1.75. The van der Waals surface area contributed by atoms with Crippen molar-refractivity contribution in [2.24, 2.45) is 0 Å². The van der Waals surface area contributed by atoms with Crippen molar-refractivity contribution in [3.8, 4) is 0 Å². The molecule has 4 N–H and O–H groups in total. The number of hydrogen-bond donors (Lipinski definition) is 3. The fraction of sp³-hybridized carbons (Fsp3) is 0.417. The van der Waals surface area contributed by atoms with E-state index in [1.54, 1.807) is 18.2 Å². The average Bonchev–Trinajstić information content (AvgIpc) is 2.19. The van der Waals surface area contributed by atoms with E-state index in [4.69, 9.17) is 10.8 Å². The van der Waals surface area contributed by atoms with Crippen LogP contribution < -0.4 is 11.1 Å². The summed E-state index contributed by atoms with van der Waals surface area (Å²) in [6, 6.07) is 5.18. The van der Waals surface area contributed by atoms with Crippen molar-refractivity contribution in [1.29, 1.82) is 0 Å². The standard InChI is InChI=1S/C12H19N3O2/c1-8(7-15(2)3)14-9-4-5-11(13)10(6-9)12(16)17/h4-6,8,14H,7,13H2,1-3H3,(H,16,17). The lowest BCUT2D eigenvalue weighted by atomic mass is 10.1. The summed E-state index contributed by atoms with van der Waals surface area (Å²) in [5, 5.41) is 12.2. The zero-order valence-corrected chi connectivity index (χ0v) is 10.4. The normalized spacial score (nSPS) is 12.5. The predicted octanol–water partition coefficient (Wildman–Crippen LogP) is 1.33. The van der Waals surface area contributed by atoms with Crippen LogP contribution in [0.4, 0.5) is 11.4 Å². The highest BCUT2D eigenvalue weighted by molar-refractivity contribution is 5.94. The van der Waals surface area contributed by atoms with Gasteiger partial charge in [0.1, 0.15) is 0 Å². The number of carbonyl (C=O) groups is 1. The van der Waals surface area contributed by atoms with Crippen LogP contribution in [0.3, 0.4) is 0 Å². The van der Waals surface area contributed by atoms with E-state index in [0.29, 0.717) is 0 Å². The van der Waals surface area contributed by atoms with Crippen molar-refractivity contribution in [2.45, 2.75) is 13.0 Å². The van der Waals surface area contributed by atoms with E-state index in [0.717, 1.165) is 12.2 Å². The predicted molar refractivity (Wildman–Crippen MR) is 69.5 cm³/mol. The van der Waals surface area contributed by atoms with Crippen molar-refractivity contribution < 1.29 is 9.90 Å². The molecule has 0 aromatic heterocycles. The third-order valence-corrected chi connectivity index (χ3v) is 2.34. The summed E-state index contributed by atoms with van der Waals surface area (Å²) < 4.78 is 0. The van der Waals surface area contributed by atoms with Crippen molar-refractivity contribution in [3.05, 3.63) is 23.8 Å². The first kappa shape index (κ1) is 13.3. The van der Waals surface area contributed by atoms with Crippen LogP contribution in [0.2, 0.25) is 0 Å².